The van der Waals surface area contributed by atoms with Gasteiger partial charge in [0.1, 0.15) is 17.4 Å². The lowest BCUT2D eigenvalue weighted by Gasteiger charge is -2.09. The van der Waals surface area contributed by atoms with Crippen LogP contribution in [0.15, 0.2) is 34.2 Å². The number of unbranched alkanes of at least 4 members (excludes halogenated alkanes) is 1. The summed E-state index contributed by atoms with van der Waals surface area (Å²) in [5.41, 5.74) is 0.479. The predicted molar refractivity (Wildman–Crippen MR) is 103 cm³/mol. The summed E-state index contributed by atoms with van der Waals surface area (Å²) in [6, 6.07) is 9.02. The van der Waals surface area contributed by atoms with Crippen LogP contribution in [0.5, 0.6) is 5.75 Å². The molecule has 0 aliphatic heterocycles. The molecule has 2 rings (SSSR count). The van der Waals surface area contributed by atoms with Crippen molar-refractivity contribution in [3.63, 3.8) is 0 Å². The first-order valence-corrected chi connectivity index (χ1v) is 9.78. The Bertz CT molecular complexity index is 889. The number of nitrogens with one attached hydrogen (secondary N) is 1. The Hall–Kier alpha value is -2.79. The molecule has 0 aliphatic carbocycles. The first kappa shape index (κ1) is 20.5. The largest absolute Gasteiger partial charge is 0.494 e. The second-order valence-corrected chi connectivity index (χ2v) is 6.34. The molecule has 0 amide bonds. The van der Waals surface area contributed by atoms with Crippen molar-refractivity contribution in [3.8, 4) is 23.1 Å². The summed E-state index contributed by atoms with van der Waals surface area (Å²) in [5, 5.41) is 9.73. The number of carbonyl (C=O) groups is 1. The summed E-state index contributed by atoms with van der Waals surface area (Å²) in [4.78, 5) is 30.3. The van der Waals surface area contributed by atoms with Crippen molar-refractivity contribution >= 4 is 17.7 Å². The molecule has 1 N–H and O–H groups in total. The zero-order valence-electron chi connectivity index (χ0n) is 15.3. The number of ether oxygens (including phenoxy) is 2. The fourth-order valence-electron chi connectivity index (χ4n) is 2.39. The van der Waals surface area contributed by atoms with Gasteiger partial charge >= 0.3 is 5.97 Å². The number of H-pyrrole nitrogens is 1. The topological polar surface area (TPSA) is 105 Å². The van der Waals surface area contributed by atoms with E-state index in [9.17, 15) is 14.9 Å². The average molecular weight is 387 g/mol. The van der Waals surface area contributed by atoms with Gasteiger partial charge in [-0.2, -0.15) is 5.26 Å². The SMILES string of the molecule is CCOC(=O)CCCCOc1cccc(-c2nc(SC)[nH]c(=O)c2C#N)c1. The zero-order valence-corrected chi connectivity index (χ0v) is 16.1. The van der Waals surface area contributed by atoms with Gasteiger partial charge in [0, 0.05) is 12.0 Å². The first-order valence-electron chi connectivity index (χ1n) is 8.56. The summed E-state index contributed by atoms with van der Waals surface area (Å²) in [6.07, 6.45) is 3.57. The molecule has 1 heterocycles. The number of thioether (sulfide) groups is 1. The highest BCUT2D eigenvalue weighted by atomic mass is 32.2. The Balaban J connectivity index is 2.06. The third-order valence-electron chi connectivity index (χ3n) is 3.66. The van der Waals surface area contributed by atoms with E-state index in [-0.39, 0.29) is 11.5 Å². The second kappa shape index (κ2) is 10.4. The maximum absolute atomic E-state index is 12.1. The molecule has 0 spiro atoms. The Labute approximate surface area is 161 Å². The van der Waals surface area contributed by atoms with Crippen LogP contribution in [0, 0.1) is 11.3 Å². The lowest BCUT2D eigenvalue weighted by Crippen LogP contribution is -2.14. The van der Waals surface area contributed by atoms with Gasteiger partial charge < -0.3 is 14.5 Å². The maximum atomic E-state index is 12.1. The number of nitriles is 1. The number of benzene rings is 1. The van der Waals surface area contributed by atoms with Gasteiger partial charge in [-0.1, -0.05) is 23.9 Å². The molecule has 8 heteroatoms. The van der Waals surface area contributed by atoms with E-state index in [1.165, 1.54) is 11.8 Å². The van der Waals surface area contributed by atoms with Gasteiger partial charge in [0.15, 0.2) is 5.16 Å². The molecular formula is C19H21N3O4S. The van der Waals surface area contributed by atoms with E-state index >= 15 is 0 Å². The van der Waals surface area contributed by atoms with Crippen molar-refractivity contribution in [2.75, 3.05) is 19.5 Å². The fraction of sp³-hybridized carbons (Fsp3) is 0.368. The third-order valence-corrected chi connectivity index (χ3v) is 4.24. The number of esters is 1. The molecule has 1 aromatic heterocycles. The van der Waals surface area contributed by atoms with Crippen molar-refractivity contribution in [2.45, 2.75) is 31.3 Å². The molecule has 0 fully saturated rings. The van der Waals surface area contributed by atoms with E-state index in [0.29, 0.717) is 54.6 Å². The molecule has 7 nitrogen and oxygen atoms in total. The Morgan fingerprint density at radius 3 is 2.89 bits per heavy atom. The van der Waals surface area contributed by atoms with E-state index in [4.69, 9.17) is 9.47 Å². The van der Waals surface area contributed by atoms with E-state index in [1.807, 2.05) is 6.07 Å². The van der Waals surface area contributed by atoms with E-state index in [2.05, 4.69) is 9.97 Å². The molecule has 1 aromatic carbocycles. The number of carbonyl (C=O) groups excluding carboxylic acids is 1. The van der Waals surface area contributed by atoms with Gasteiger partial charge in [0.05, 0.1) is 18.9 Å². The first-order chi connectivity index (χ1) is 13.1. The lowest BCUT2D eigenvalue weighted by molar-refractivity contribution is -0.143. The highest BCUT2D eigenvalue weighted by Gasteiger charge is 2.13. The zero-order chi connectivity index (χ0) is 19.6. The molecule has 0 radical (unpaired) electrons. The summed E-state index contributed by atoms with van der Waals surface area (Å²) >= 11 is 1.30. The van der Waals surface area contributed by atoms with Gasteiger partial charge in [-0.05, 0) is 38.2 Å². The van der Waals surface area contributed by atoms with Crippen LogP contribution in [0.1, 0.15) is 31.7 Å². The van der Waals surface area contributed by atoms with Crippen LogP contribution in [0.3, 0.4) is 0 Å². The van der Waals surface area contributed by atoms with Crippen molar-refractivity contribution in [1.82, 2.24) is 9.97 Å². The molecule has 0 saturated carbocycles. The van der Waals surface area contributed by atoms with Crippen LogP contribution in [-0.4, -0.2) is 35.4 Å². The quantitative estimate of drug-likeness (QED) is 0.305. The summed E-state index contributed by atoms with van der Waals surface area (Å²) in [5.74, 6) is 0.411. The maximum Gasteiger partial charge on any atom is 0.305 e. The van der Waals surface area contributed by atoms with Gasteiger partial charge in [0.25, 0.3) is 5.56 Å². The molecule has 0 atom stereocenters. The number of aromatic amines is 1. The normalized spacial score (nSPS) is 10.3. The summed E-state index contributed by atoms with van der Waals surface area (Å²) in [7, 11) is 0. The third kappa shape index (κ3) is 5.86. The molecule has 0 unspecified atom stereocenters. The number of hydrogen-bond acceptors (Lipinski definition) is 7. The van der Waals surface area contributed by atoms with Crippen molar-refractivity contribution in [1.29, 1.82) is 5.26 Å². The number of nitrogens with zero attached hydrogens (tertiary/aromatic N) is 2. The number of rotatable bonds is 9. The van der Waals surface area contributed by atoms with E-state index < -0.39 is 5.56 Å². The van der Waals surface area contributed by atoms with Gasteiger partial charge in [0.2, 0.25) is 0 Å². The van der Waals surface area contributed by atoms with Crippen LogP contribution >= 0.6 is 11.8 Å². The molecular weight excluding hydrogens is 366 g/mol. The summed E-state index contributed by atoms with van der Waals surface area (Å²) < 4.78 is 10.6. The predicted octanol–water partition coefficient (Wildman–Crippen LogP) is 3.14. The monoisotopic (exact) mass is 387 g/mol. The molecule has 0 aliphatic rings. The highest BCUT2D eigenvalue weighted by molar-refractivity contribution is 7.98. The lowest BCUT2D eigenvalue weighted by atomic mass is 10.1. The standard InChI is InChI=1S/C19H21N3O4S/c1-3-25-16(23)9-4-5-10-26-14-8-6-7-13(11-14)17-15(12-20)18(24)22-19(21-17)27-2/h6-8,11H,3-5,9-10H2,1-2H3,(H,21,22,24). The van der Waals surface area contributed by atoms with Crippen molar-refractivity contribution in [3.05, 3.63) is 40.2 Å². The van der Waals surface area contributed by atoms with Crippen molar-refractivity contribution in [2.24, 2.45) is 0 Å². The van der Waals surface area contributed by atoms with Gasteiger partial charge in [-0.25, -0.2) is 4.98 Å². The average Bonchev–Trinajstić information content (AvgIpc) is 2.67. The Kier molecular flexibility index (Phi) is 7.89. The Morgan fingerprint density at radius 1 is 1.37 bits per heavy atom. The molecule has 27 heavy (non-hydrogen) atoms. The molecule has 0 bridgehead atoms. The van der Waals surface area contributed by atoms with Crippen molar-refractivity contribution < 1.29 is 14.3 Å². The van der Waals surface area contributed by atoms with Crippen LogP contribution in [0.4, 0.5) is 0 Å². The number of hydrogen-bond donors (Lipinski definition) is 1. The van der Waals surface area contributed by atoms with E-state index in [1.54, 1.807) is 37.4 Å². The van der Waals surface area contributed by atoms with Crippen LogP contribution in [0.2, 0.25) is 0 Å². The van der Waals surface area contributed by atoms with Gasteiger partial charge in [-0.3, -0.25) is 9.59 Å². The second-order valence-electron chi connectivity index (χ2n) is 5.55. The molecule has 142 valence electrons. The van der Waals surface area contributed by atoms with Gasteiger partial charge in [-0.15, -0.1) is 0 Å². The Morgan fingerprint density at radius 2 is 2.19 bits per heavy atom. The highest BCUT2D eigenvalue weighted by Crippen LogP contribution is 2.25. The smallest absolute Gasteiger partial charge is 0.305 e. The number of aromatic nitrogens is 2. The van der Waals surface area contributed by atoms with Crippen LogP contribution in [0.25, 0.3) is 11.3 Å². The summed E-state index contributed by atoms with van der Waals surface area (Å²) in [6.45, 7) is 2.62. The molecule has 0 saturated heterocycles. The van der Waals surface area contributed by atoms with Crippen LogP contribution in [-0.2, 0) is 9.53 Å². The minimum atomic E-state index is -0.461. The molecule has 2 aromatic rings. The minimum absolute atomic E-state index is 0.0283. The van der Waals surface area contributed by atoms with Crippen LogP contribution < -0.4 is 10.3 Å². The fourth-order valence-corrected chi connectivity index (χ4v) is 2.77. The van der Waals surface area contributed by atoms with E-state index in [0.717, 1.165) is 0 Å². The minimum Gasteiger partial charge on any atom is -0.494 e.